The lowest BCUT2D eigenvalue weighted by molar-refractivity contribution is -0.121. The van der Waals surface area contributed by atoms with Crippen LogP contribution in [0.5, 0.6) is 5.75 Å². The average Bonchev–Trinajstić information content (AvgIpc) is 2.76. The normalized spacial score (nSPS) is 19.0. The minimum atomic E-state index is -3.83. The lowest BCUT2D eigenvalue weighted by atomic mass is 9.98. The van der Waals surface area contributed by atoms with E-state index in [1.54, 1.807) is 13.0 Å². The van der Waals surface area contributed by atoms with Crippen LogP contribution in [0.3, 0.4) is 0 Å². The van der Waals surface area contributed by atoms with E-state index in [-0.39, 0.29) is 29.9 Å². The number of amides is 2. The highest BCUT2D eigenvalue weighted by molar-refractivity contribution is 7.89. The molecule has 1 unspecified atom stereocenters. The second-order valence-corrected chi connectivity index (χ2v) is 10.3. The molecule has 0 saturated carbocycles. The van der Waals surface area contributed by atoms with Gasteiger partial charge in [-0.3, -0.25) is 9.59 Å². The van der Waals surface area contributed by atoms with Crippen LogP contribution in [-0.4, -0.2) is 44.2 Å². The molecule has 170 valence electrons. The Balaban J connectivity index is 1.54. The van der Waals surface area contributed by atoms with Gasteiger partial charge in [0.2, 0.25) is 15.9 Å². The fourth-order valence-corrected chi connectivity index (χ4v) is 5.87. The highest BCUT2D eigenvalue weighted by atomic mass is 32.2. The van der Waals surface area contributed by atoms with Crippen LogP contribution >= 0.6 is 0 Å². The first-order valence-corrected chi connectivity index (χ1v) is 12.1. The zero-order valence-corrected chi connectivity index (χ0v) is 19.2. The Morgan fingerprint density at radius 1 is 1.19 bits per heavy atom. The summed E-state index contributed by atoms with van der Waals surface area (Å²) < 4.78 is 33.6. The second-order valence-electron chi connectivity index (χ2n) is 8.39. The summed E-state index contributed by atoms with van der Waals surface area (Å²) in [5.74, 6) is -0.560. The molecule has 2 amide bonds. The van der Waals surface area contributed by atoms with Crippen LogP contribution in [-0.2, 0) is 19.6 Å². The predicted octanol–water partition coefficient (Wildman–Crippen LogP) is 2.98. The maximum absolute atomic E-state index is 13.4. The van der Waals surface area contributed by atoms with Crippen LogP contribution in [0, 0.1) is 26.7 Å². The summed E-state index contributed by atoms with van der Waals surface area (Å²) in [6.07, 6.45) is 1.22. The van der Waals surface area contributed by atoms with E-state index in [1.165, 1.54) is 10.4 Å². The number of anilines is 2. The summed E-state index contributed by atoms with van der Waals surface area (Å²) in [5, 5.41) is 5.66. The minimum Gasteiger partial charge on any atom is -0.482 e. The van der Waals surface area contributed by atoms with E-state index >= 15 is 0 Å². The van der Waals surface area contributed by atoms with E-state index < -0.39 is 15.9 Å². The van der Waals surface area contributed by atoms with Crippen LogP contribution in [0.2, 0.25) is 0 Å². The molecule has 1 saturated heterocycles. The van der Waals surface area contributed by atoms with Crippen LogP contribution in [0.4, 0.5) is 11.4 Å². The molecule has 9 heteroatoms. The van der Waals surface area contributed by atoms with Gasteiger partial charge in [-0.05, 0) is 62.4 Å². The Bertz CT molecular complexity index is 1190. The second kappa shape index (κ2) is 8.55. The van der Waals surface area contributed by atoms with Crippen LogP contribution < -0.4 is 15.4 Å². The van der Waals surface area contributed by atoms with Gasteiger partial charge in [-0.25, -0.2) is 8.42 Å². The first-order valence-electron chi connectivity index (χ1n) is 10.6. The molecule has 1 fully saturated rings. The molecular formula is C23H27N3O5S. The minimum absolute atomic E-state index is 0.118. The summed E-state index contributed by atoms with van der Waals surface area (Å²) in [6.45, 7) is 5.93. The molecule has 8 nitrogen and oxygen atoms in total. The molecule has 4 rings (SSSR count). The Labute approximate surface area is 188 Å². The van der Waals surface area contributed by atoms with Gasteiger partial charge in [0, 0.05) is 24.8 Å². The molecule has 2 aliphatic rings. The number of nitrogens with zero attached hydrogens (tertiary/aromatic N) is 1. The average molecular weight is 458 g/mol. The number of carbonyl (C=O) groups is 2. The molecule has 1 atom stereocenters. The molecule has 0 bridgehead atoms. The SMILES string of the molecule is Cc1cc2c(cc1S(=O)(=O)N1CCCC(C(=O)Nc3cccc(C)c3C)C1)OCC(=O)N2. The van der Waals surface area contributed by atoms with E-state index in [1.807, 2.05) is 32.0 Å². The Kier molecular flexibility index (Phi) is 5.96. The number of fused-ring (bicyclic) bond motifs is 1. The van der Waals surface area contributed by atoms with E-state index in [0.29, 0.717) is 36.4 Å². The van der Waals surface area contributed by atoms with Gasteiger partial charge in [0.05, 0.1) is 16.5 Å². The third-order valence-electron chi connectivity index (χ3n) is 6.15. The first kappa shape index (κ1) is 22.3. The largest absolute Gasteiger partial charge is 0.482 e. The van der Waals surface area contributed by atoms with E-state index in [2.05, 4.69) is 10.6 Å². The molecule has 2 aliphatic heterocycles. The highest BCUT2D eigenvalue weighted by Gasteiger charge is 2.35. The van der Waals surface area contributed by atoms with Crippen molar-refractivity contribution in [2.45, 2.75) is 38.5 Å². The summed E-state index contributed by atoms with van der Waals surface area (Å²) in [5.41, 5.74) is 3.80. The van der Waals surface area contributed by atoms with Crippen molar-refractivity contribution >= 4 is 33.2 Å². The van der Waals surface area contributed by atoms with E-state index in [9.17, 15) is 18.0 Å². The van der Waals surface area contributed by atoms with Crippen LogP contribution in [0.25, 0.3) is 0 Å². The summed E-state index contributed by atoms with van der Waals surface area (Å²) in [6, 6.07) is 8.79. The van der Waals surface area contributed by atoms with E-state index in [4.69, 9.17) is 4.74 Å². The smallest absolute Gasteiger partial charge is 0.262 e. The van der Waals surface area contributed by atoms with Gasteiger partial charge in [0.1, 0.15) is 5.75 Å². The number of nitrogens with one attached hydrogen (secondary N) is 2. The molecule has 2 heterocycles. The molecule has 0 aliphatic carbocycles. The number of piperidine rings is 1. The van der Waals surface area contributed by atoms with Gasteiger partial charge in [-0.15, -0.1) is 0 Å². The van der Waals surface area contributed by atoms with Crippen molar-refractivity contribution in [3.05, 3.63) is 47.0 Å². The summed E-state index contributed by atoms with van der Waals surface area (Å²) >= 11 is 0. The van der Waals surface area contributed by atoms with Gasteiger partial charge >= 0.3 is 0 Å². The molecule has 0 spiro atoms. The number of benzene rings is 2. The monoisotopic (exact) mass is 457 g/mol. The molecule has 32 heavy (non-hydrogen) atoms. The standard InChI is InChI=1S/C23H27N3O5S/c1-14-6-4-8-18(16(14)3)25-23(28)17-7-5-9-26(12-17)32(29,30)21-11-20-19(10-15(21)2)24-22(27)13-31-20/h4,6,8,10-11,17H,5,7,9,12-13H2,1-3H3,(H,24,27)(H,25,28). The van der Waals surface area contributed by atoms with Gasteiger partial charge in [-0.2, -0.15) is 4.31 Å². The molecule has 2 N–H and O–H groups in total. The molecular weight excluding hydrogens is 430 g/mol. The number of ether oxygens (including phenoxy) is 1. The molecule has 0 radical (unpaired) electrons. The van der Waals surface area contributed by atoms with Gasteiger partial charge in [0.25, 0.3) is 5.91 Å². The molecule has 2 aromatic carbocycles. The molecule has 0 aromatic heterocycles. The zero-order valence-electron chi connectivity index (χ0n) is 18.4. The maximum atomic E-state index is 13.4. The third kappa shape index (κ3) is 4.22. The summed E-state index contributed by atoms with van der Waals surface area (Å²) in [7, 11) is -3.83. The summed E-state index contributed by atoms with van der Waals surface area (Å²) in [4.78, 5) is 24.6. The number of hydrogen-bond donors (Lipinski definition) is 2. The van der Waals surface area contributed by atoms with Crippen molar-refractivity contribution in [1.29, 1.82) is 0 Å². The Morgan fingerprint density at radius 3 is 2.75 bits per heavy atom. The van der Waals surface area contributed by atoms with Gasteiger partial charge in [0.15, 0.2) is 6.61 Å². The Morgan fingerprint density at radius 2 is 1.97 bits per heavy atom. The lowest BCUT2D eigenvalue weighted by Crippen LogP contribution is -2.44. The highest BCUT2D eigenvalue weighted by Crippen LogP contribution is 2.35. The fourth-order valence-electron chi connectivity index (χ4n) is 4.13. The van der Waals surface area contributed by atoms with Crippen molar-refractivity contribution in [2.24, 2.45) is 5.92 Å². The van der Waals surface area contributed by atoms with Crippen molar-refractivity contribution in [2.75, 3.05) is 30.3 Å². The van der Waals surface area contributed by atoms with Gasteiger partial charge in [-0.1, -0.05) is 12.1 Å². The first-order chi connectivity index (χ1) is 15.2. The zero-order chi connectivity index (χ0) is 23.0. The van der Waals surface area contributed by atoms with Crippen LogP contribution in [0.15, 0.2) is 35.2 Å². The molecule has 2 aromatic rings. The van der Waals surface area contributed by atoms with Gasteiger partial charge < -0.3 is 15.4 Å². The van der Waals surface area contributed by atoms with Crippen molar-refractivity contribution < 1.29 is 22.7 Å². The number of hydrogen-bond acceptors (Lipinski definition) is 5. The topological polar surface area (TPSA) is 105 Å². The number of rotatable bonds is 4. The lowest BCUT2D eigenvalue weighted by Gasteiger charge is -2.32. The van der Waals surface area contributed by atoms with E-state index in [0.717, 1.165) is 16.8 Å². The van der Waals surface area contributed by atoms with Crippen molar-refractivity contribution in [3.63, 3.8) is 0 Å². The number of sulfonamides is 1. The predicted molar refractivity (Wildman–Crippen MR) is 121 cm³/mol. The fraction of sp³-hybridized carbons (Fsp3) is 0.391. The number of carbonyl (C=O) groups excluding carboxylic acids is 2. The van der Waals surface area contributed by atoms with Crippen LogP contribution in [0.1, 0.15) is 29.5 Å². The van der Waals surface area contributed by atoms with Crippen molar-refractivity contribution in [1.82, 2.24) is 4.31 Å². The number of aryl methyl sites for hydroxylation is 2. The van der Waals surface area contributed by atoms with Crippen molar-refractivity contribution in [3.8, 4) is 5.75 Å². The maximum Gasteiger partial charge on any atom is 0.262 e. The quantitative estimate of drug-likeness (QED) is 0.734. The Hall–Kier alpha value is -2.91. The third-order valence-corrected chi connectivity index (χ3v) is 8.15.